The van der Waals surface area contributed by atoms with Crippen molar-refractivity contribution >= 4 is 17.6 Å². The van der Waals surface area contributed by atoms with Crippen molar-refractivity contribution in [1.29, 1.82) is 0 Å². The second-order valence-corrected chi connectivity index (χ2v) is 7.20. The fourth-order valence-electron chi connectivity index (χ4n) is 3.41. The summed E-state index contributed by atoms with van der Waals surface area (Å²) >= 11 is 0. The number of nitrogens with zero attached hydrogens (tertiary/aromatic N) is 2. The Hall–Kier alpha value is -2.86. The summed E-state index contributed by atoms with van der Waals surface area (Å²) < 4.78 is 10.5. The van der Waals surface area contributed by atoms with E-state index in [1.807, 2.05) is 30.1 Å². The van der Waals surface area contributed by atoms with Gasteiger partial charge in [0.25, 0.3) is 0 Å². The standard InChI is InChI=1S/C22H26N2O4/c1-15-9-10-17(16(2)11-15)12-23(3)14-21(25)24-13-20(22(26)27-4)28-19-8-6-5-7-18(19)24/h5-11,20H,12-14H2,1-4H3/t20-/m1/s1. The van der Waals surface area contributed by atoms with E-state index < -0.39 is 12.1 Å². The molecule has 148 valence electrons. The van der Waals surface area contributed by atoms with Crippen molar-refractivity contribution < 1.29 is 19.1 Å². The number of ether oxygens (including phenoxy) is 2. The van der Waals surface area contributed by atoms with Crippen LogP contribution in [0.4, 0.5) is 5.69 Å². The molecule has 1 aliphatic heterocycles. The number of amides is 1. The van der Waals surface area contributed by atoms with Crippen LogP contribution in [0.2, 0.25) is 0 Å². The van der Waals surface area contributed by atoms with E-state index in [-0.39, 0.29) is 19.0 Å². The van der Waals surface area contributed by atoms with E-state index in [4.69, 9.17) is 9.47 Å². The SMILES string of the molecule is COC(=O)[C@H]1CN(C(=O)CN(C)Cc2ccc(C)cc2C)c2ccccc2O1. The second kappa shape index (κ2) is 8.44. The lowest BCUT2D eigenvalue weighted by Crippen LogP contribution is -2.49. The minimum absolute atomic E-state index is 0.0862. The van der Waals surface area contributed by atoms with E-state index in [1.165, 1.54) is 23.8 Å². The van der Waals surface area contributed by atoms with Crippen molar-refractivity contribution in [3.8, 4) is 5.75 Å². The Morgan fingerprint density at radius 1 is 1.21 bits per heavy atom. The molecule has 2 aromatic carbocycles. The molecule has 6 heteroatoms. The molecule has 1 amide bonds. The predicted octanol–water partition coefficient (Wildman–Crippen LogP) is 2.70. The molecule has 0 fully saturated rings. The first-order valence-electron chi connectivity index (χ1n) is 9.27. The van der Waals surface area contributed by atoms with Crippen LogP contribution in [0.25, 0.3) is 0 Å². The van der Waals surface area contributed by atoms with Crippen LogP contribution in [0.3, 0.4) is 0 Å². The van der Waals surface area contributed by atoms with E-state index in [0.717, 1.165) is 0 Å². The van der Waals surface area contributed by atoms with Crippen molar-refractivity contribution in [3.63, 3.8) is 0 Å². The number of likely N-dealkylation sites (N-methyl/N-ethyl adjacent to an activating group) is 1. The van der Waals surface area contributed by atoms with Gasteiger partial charge in [-0.05, 0) is 44.2 Å². The third kappa shape index (κ3) is 4.34. The molecule has 1 aliphatic rings. The molecule has 0 aliphatic carbocycles. The third-order valence-electron chi connectivity index (χ3n) is 4.88. The fourth-order valence-corrected chi connectivity index (χ4v) is 3.41. The summed E-state index contributed by atoms with van der Waals surface area (Å²) in [6.45, 7) is 5.19. The molecule has 6 nitrogen and oxygen atoms in total. The van der Waals surface area contributed by atoms with E-state index in [1.54, 1.807) is 11.0 Å². The van der Waals surface area contributed by atoms with Crippen molar-refractivity contribution in [3.05, 3.63) is 59.2 Å². The monoisotopic (exact) mass is 382 g/mol. The Bertz CT molecular complexity index is 881. The third-order valence-corrected chi connectivity index (χ3v) is 4.88. The normalized spacial score (nSPS) is 15.8. The molecule has 0 aromatic heterocycles. The highest BCUT2D eigenvalue weighted by molar-refractivity contribution is 5.98. The highest BCUT2D eigenvalue weighted by Crippen LogP contribution is 2.33. The van der Waals surface area contributed by atoms with Gasteiger partial charge in [-0.2, -0.15) is 0 Å². The van der Waals surface area contributed by atoms with Crippen molar-refractivity contribution in [2.24, 2.45) is 0 Å². The molecule has 0 unspecified atom stereocenters. The number of fused-ring (bicyclic) bond motifs is 1. The molecular formula is C22H26N2O4. The van der Waals surface area contributed by atoms with E-state index >= 15 is 0 Å². The van der Waals surface area contributed by atoms with E-state index in [9.17, 15) is 9.59 Å². The Balaban J connectivity index is 1.74. The first kappa shape index (κ1) is 19.9. The molecule has 0 bridgehead atoms. The number of anilines is 1. The van der Waals surface area contributed by atoms with Crippen LogP contribution < -0.4 is 9.64 Å². The molecule has 0 spiro atoms. The largest absolute Gasteiger partial charge is 0.475 e. The molecular weight excluding hydrogens is 356 g/mol. The van der Waals surface area contributed by atoms with Gasteiger partial charge in [0, 0.05) is 6.54 Å². The van der Waals surface area contributed by atoms with Gasteiger partial charge in [0.1, 0.15) is 5.75 Å². The van der Waals surface area contributed by atoms with Crippen LogP contribution in [0, 0.1) is 13.8 Å². The zero-order chi connectivity index (χ0) is 20.3. The Morgan fingerprint density at radius 3 is 2.68 bits per heavy atom. The number of hydrogen-bond acceptors (Lipinski definition) is 5. The van der Waals surface area contributed by atoms with Gasteiger partial charge in [0.15, 0.2) is 0 Å². The Morgan fingerprint density at radius 2 is 1.96 bits per heavy atom. The summed E-state index contributed by atoms with van der Waals surface area (Å²) in [6, 6.07) is 13.6. The molecule has 3 rings (SSSR count). The fraction of sp³-hybridized carbons (Fsp3) is 0.364. The van der Waals surface area contributed by atoms with Crippen LogP contribution in [0.5, 0.6) is 5.75 Å². The minimum atomic E-state index is -0.825. The van der Waals surface area contributed by atoms with E-state index in [0.29, 0.717) is 18.0 Å². The maximum Gasteiger partial charge on any atom is 0.348 e. The number of rotatable bonds is 5. The quantitative estimate of drug-likeness (QED) is 0.744. The van der Waals surface area contributed by atoms with Gasteiger partial charge >= 0.3 is 5.97 Å². The Labute approximate surface area is 165 Å². The predicted molar refractivity (Wildman–Crippen MR) is 107 cm³/mol. The number of benzene rings is 2. The summed E-state index contributed by atoms with van der Waals surface area (Å²) in [6.07, 6.45) is -0.825. The molecule has 0 saturated carbocycles. The zero-order valence-corrected chi connectivity index (χ0v) is 16.8. The van der Waals surface area contributed by atoms with Crippen LogP contribution in [0.1, 0.15) is 16.7 Å². The molecule has 1 atom stereocenters. The molecule has 2 aromatic rings. The second-order valence-electron chi connectivity index (χ2n) is 7.20. The van der Waals surface area contributed by atoms with Crippen molar-refractivity contribution in [2.75, 3.05) is 32.1 Å². The maximum atomic E-state index is 13.0. The van der Waals surface area contributed by atoms with Gasteiger partial charge in [-0.3, -0.25) is 9.69 Å². The van der Waals surface area contributed by atoms with Crippen LogP contribution in [-0.4, -0.2) is 50.1 Å². The van der Waals surface area contributed by atoms with Gasteiger partial charge < -0.3 is 14.4 Å². The summed E-state index contributed by atoms with van der Waals surface area (Å²) in [7, 11) is 3.23. The van der Waals surface area contributed by atoms with Crippen molar-refractivity contribution in [2.45, 2.75) is 26.5 Å². The molecule has 1 heterocycles. The summed E-state index contributed by atoms with van der Waals surface area (Å²) in [4.78, 5) is 28.6. The van der Waals surface area contributed by atoms with E-state index in [2.05, 4.69) is 32.0 Å². The number of carbonyl (C=O) groups is 2. The molecule has 0 radical (unpaired) electrons. The average molecular weight is 382 g/mol. The first-order chi connectivity index (χ1) is 13.4. The molecule has 0 saturated heterocycles. The number of carbonyl (C=O) groups excluding carboxylic acids is 2. The molecule has 0 N–H and O–H groups in total. The smallest absolute Gasteiger partial charge is 0.348 e. The maximum absolute atomic E-state index is 13.0. The summed E-state index contributed by atoms with van der Waals surface area (Å²) in [5, 5.41) is 0. The lowest BCUT2D eigenvalue weighted by atomic mass is 10.1. The van der Waals surface area contributed by atoms with Gasteiger partial charge in [-0.1, -0.05) is 35.9 Å². The number of methoxy groups -OCH3 is 1. The minimum Gasteiger partial charge on any atom is -0.475 e. The average Bonchev–Trinajstić information content (AvgIpc) is 2.68. The van der Waals surface area contributed by atoms with Gasteiger partial charge in [0.2, 0.25) is 12.0 Å². The summed E-state index contributed by atoms with van der Waals surface area (Å²) in [5.74, 6) is -0.0672. The number of hydrogen-bond donors (Lipinski definition) is 0. The topological polar surface area (TPSA) is 59.1 Å². The van der Waals surface area contributed by atoms with Gasteiger partial charge in [0.05, 0.1) is 25.9 Å². The van der Waals surface area contributed by atoms with Crippen LogP contribution in [-0.2, 0) is 20.9 Å². The number of aryl methyl sites for hydroxylation is 2. The first-order valence-corrected chi connectivity index (χ1v) is 9.27. The highest BCUT2D eigenvalue weighted by Gasteiger charge is 2.34. The van der Waals surface area contributed by atoms with Gasteiger partial charge in [-0.15, -0.1) is 0 Å². The van der Waals surface area contributed by atoms with Crippen molar-refractivity contribution in [1.82, 2.24) is 4.90 Å². The van der Waals surface area contributed by atoms with Crippen LogP contribution >= 0.6 is 0 Å². The molecule has 28 heavy (non-hydrogen) atoms. The van der Waals surface area contributed by atoms with Crippen LogP contribution in [0.15, 0.2) is 42.5 Å². The summed E-state index contributed by atoms with van der Waals surface area (Å²) in [5.41, 5.74) is 4.30. The number of esters is 1. The lowest BCUT2D eigenvalue weighted by Gasteiger charge is -2.34. The zero-order valence-electron chi connectivity index (χ0n) is 16.8. The van der Waals surface area contributed by atoms with Gasteiger partial charge in [-0.25, -0.2) is 4.79 Å². The Kier molecular flexibility index (Phi) is 5.99. The lowest BCUT2D eigenvalue weighted by molar-refractivity contribution is -0.148. The highest BCUT2D eigenvalue weighted by atomic mass is 16.6. The number of para-hydroxylation sites is 2.